The van der Waals surface area contributed by atoms with E-state index in [2.05, 4.69) is 13.8 Å². The fraction of sp³-hybridized carbons (Fsp3) is 0.929. The van der Waals surface area contributed by atoms with Crippen molar-refractivity contribution in [3.8, 4) is 0 Å². The molecule has 0 unspecified atom stereocenters. The summed E-state index contributed by atoms with van der Waals surface area (Å²) in [6.45, 7) is 5.09. The van der Waals surface area contributed by atoms with Gasteiger partial charge >= 0.3 is 0 Å². The Morgan fingerprint density at radius 3 is 2.33 bits per heavy atom. The minimum absolute atomic E-state index is 0.0447. The largest absolute Gasteiger partial charge is 0.340 e. The zero-order valence-electron chi connectivity index (χ0n) is 11.3. The van der Waals surface area contributed by atoms with Crippen LogP contribution < -0.4 is 0 Å². The van der Waals surface area contributed by atoms with E-state index in [9.17, 15) is 13.6 Å². The van der Waals surface area contributed by atoms with E-state index in [1.54, 1.807) is 0 Å². The number of carbonyl (C=O) groups excluding carboxylic acids is 1. The van der Waals surface area contributed by atoms with E-state index in [1.165, 1.54) is 0 Å². The highest BCUT2D eigenvalue weighted by molar-refractivity contribution is 5.77. The summed E-state index contributed by atoms with van der Waals surface area (Å²) < 4.78 is 26.1. The van der Waals surface area contributed by atoms with Gasteiger partial charge in [-0.3, -0.25) is 4.79 Å². The summed E-state index contributed by atoms with van der Waals surface area (Å²) in [7, 11) is 0. The van der Waals surface area contributed by atoms with Crippen LogP contribution in [0.2, 0.25) is 0 Å². The van der Waals surface area contributed by atoms with Crippen LogP contribution in [0.1, 0.15) is 52.4 Å². The standard InChI is InChI=1S/C14H23F2NO/c1-10-5-8-17(11(10)2)13(18)9-12-3-6-14(15,16)7-4-12/h10-12H,3-9H2,1-2H3/t10-,11-/m1/s1. The average molecular weight is 259 g/mol. The number of nitrogens with zero attached hydrogens (tertiary/aromatic N) is 1. The summed E-state index contributed by atoms with van der Waals surface area (Å²) in [6.07, 6.45) is 2.43. The van der Waals surface area contributed by atoms with Crippen LogP contribution in [-0.2, 0) is 4.79 Å². The molecule has 2 rings (SSSR count). The topological polar surface area (TPSA) is 20.3 Å². The van der Waals surface area contributed by atoms with E-state index in [0.29, 0.717) is 31.2 Å². The lowest BCUT2D eigenvalue weighted by molar-refractivity contribution is -0.134. The molecule has 104 valence electrons. The highest BCUT2D eigenvalue weighted by Gasteiger charge is 2.37. The van der Waals surface area contributed by atoms with Crippen molar-refractivity contribution < 1.29 is 13.6 Å². The maximum Gasteiger partial charge on any atom is 0.248 e. The molecule has 2 fully saturated rings. The van der Waals surface area contributed by atoms with Crippen LogP contribution in [0.4, 0.5) is 8.78 Å². The molecule has 2 aliphatic rings. The third-order valence-electron chi connectivity index (χ3n) is 4.76. The van der Waals surface area contributed by atoms with Crippen molar-refractivity contribution in [3.05, 3.63) is 0 Å². The second-order valence-electron chi connectivity index (χ2n) is 6.10. The Bertz CT molecular complexity index is 309. The molecule has 1 saturated carbocycles. The van der Waals surface area contributed by atoms with Crippen LogP contribution in [-0.4, -0.2) is 29.3 Å². The predicted molar refractivity (Wildman–Crippen MR) is 66.5 cm³/mol. The van der Waals surface area contributed by atoms with Gasteiger partial charge in [0.1, 0.15) is 0 Å². The Morgan fingerprint density at radius 2 is 1.83 bits per heavy atom. The molecule has 1 aliphatic heterocycles. The zero-order chi connectivity index (χ0) is 13.3. The van der Waals surface area contributed by atoms with Gasteiger partial charge in [0.2, 0.25) is 11.8 Å². The molecular weight excluding hydrogens is 236 g/mol. The summed E-state index contributed by atoms with van der Waals surface area (Å²) in [5.74, 6) is -1.60. The molecule has 2 atom stereocenters. The van der Waals surface area contributed by atoms with E-state index < -0.39 is 5.92 Å². The van der Waals surface area contributed by atoms with Crippen LogP contribution in [0.25, 0.3) is 0 Å². The van der Waals surface area contributed by atoms with Gasteiger partial charge in [-0.1, -0.05) is 6.92 Å². The zero-order valence-corrected chi connectivity index (χ0v) is 11.3. The molecule has 1 heterocycles. The van der Waals surface area contributed by atoms with Gasteiger partial charge in [-0.25, -0.2) is 8.78 Å². The molecule has 4 heteroatoms. The summed E-state index contributed by atoms with van der Waals surface area (Å²) in [5, 5.41) is 0. The molecule has 1 aliphatic carbocycles. The van der Waals surface area contributed by atoms with E-state index in [0.717, 1.165) is 13.0 Å². The molecule has 0 aromatic carbocycles. The fourth-order valence-corrected chi connectivity index (χ4v) is 3.11. The van der Waals surface area contributed by atoms with Crippen molar-refractivity contribution in [2.75, 3.05) is 6.54 Å². The fourth-order valence-electron chi connectivity index (χ4n) is 3.11. The van der Waals surface area contributed by atoms with Gasteiger partial charge in [0, 0.05) is 31.8 Å². The van der Waals surface area contributed by atoms with Crippen molar-refractivity contribution in [2.24, 2.45) is 11.8 Å². The summed E-state index contributed by atoms with van der Waals surface area (Å²) >= 11 is 0. The smallest absolute Gasteiger partial charge is 0.248 e. The van der Waals surface area contributed by atoms with Gasteiger partial charge in [-0.2, -0.15) is 0 Å². The quantitative estimate of drug-likeness (QED) is 0.743. The van der Waals surface area contributed by atoms with Gasteiger partial charge in [-0.15, -0.1) is 0 Å². The molecule has 2 nitrogen and oxygen atoms in total. The lowest BCUT2D eigenvalue weighted by Crippen LogP contribution is -2.37. The molecule has 0 radical (unpaired) electrons. The third-order valence-corrected chi connectivity index (χ3v) is 4.76. The molecule has 0 aromatic rings. The third kappa shape index (κ3) is 3.01. The Kier molecular flexibility index (Phi) is 3.93. The molecule has 0 spiro atoms. The van der Waals surface area contributed by atoms with Gasteiger partial charge in [-0.05, 0) is 38.0 Å². The number of halogens is 2. The monoisotopic (exact) mass is 259 g/mol. The Morgan fingerprint density at radius 1 is 1.22 bits per heavy atom. The first kappa shape index (κ1) is 13.8. The first-order valence-electron chi connectivity index (χ1n) is 7.06. The molecule has 18 heavy (non-hydrogen) atoms. The van der Waals surface area contributed by atoms with E-state index in [1.807, 2.05) is 4.90 Å². The average Bonchev–Trinajstić information content (AvgIpc) is 2.63. The van der Waals surface area contributed by atoms with Crippen LogP contribution in [0, 0.1) is 11.8 Å². The number of carbonyl (C=O) groups is 1. The Labute approximate surface area is 108 Å². The van der Waals surface area contributed by atoms with Crippen LogP contribution in [0.15, 0.2) is 0 Å². The van der Waals surface area contributed by atoms with Crippen LogP contribution in [0.5, 0.6) is 0 Å². The number of hydrogen-bond donors (Lipinski definition) is 0. The summed E-state index contributed by atoms with van der Waals surface area (Å²) in [4.78, 5) is 14.1. The summed E-state index contributed by atoms with van der Waals surface area (Å²) in [6, 6.07) is 0.308. The number of alkyl halides is 2. The van der Waals surface area contributed by atoms with Gasteiger partial charge < -0.3 is 4.90 Å². The molecule has 0 aromatic heterocycles. The summed E-state index contributed by atoms with van der Waals surface area (Å²) in [5.41, 5.74) is 0. The van der Waals surface area contributed by atoms with Crippen molar-refractivity contribution in [2.45, 2.75) is 64.3 Å². The number of rotatable bonds is 2. The molecular formula is C14H23F2NO. The van der Waals surface area contributed by atoms with Crippen molar-refractivity contribution in [1.29, 1.82) is 0 Å². The lowest BCUT2D eigenvalue weighted by Gasteiger charge is -2.30. The lowest BCUT2D eigenvalue weighted by atomic mass is 9.84. The normalized spacial score (nSPS) is 32.8. The minimum atomic E-state index is -2.49. The SMILES string of the molecule is C[C@@H]1CCN(C(=O)CC2CCC(F)(F)CC2)[C@@H]1C. The number of amides is 1. The van der Waals surface area contributed by atoms with Gasteiger partial charge in [0.25, 0.3) is 0 Å². The van der Waals surface area contributed by atoms with Crippen molar-refractivity contribution >= 4 is 5.91 Å². The first-order chi connectivity index (χ1) is 8.39. The molecule has 1 amide bonds. The van der Waals surface area contributed by atoms with Crippen molar-refractivity contribution in [3.63, 3.8) is 0 Å². The second-order valence-corrected chi connectivity index (χ2v) is 6.10. The molecule has 0 bridgehead atoms. The Balaban J connectivity index is 1.82. The highest BCUT2D eigenvalue weighted by Crippen LogP contribution is 2.38. The number of hydrogen-bond acceptors (Lipinski definition) is 1. The highest BCUT2D eigenvalue weighted by atomic mass is 19.3. The molecule has 0 N–H and O–H groups in total. The predicted octanol–water partition coefficient (Wildman–Crippen LogP) is 3.46. The maximum atomic E-state index is 13.0. The first-order valence-corrected chi connectivity index (χ1v) is 7.06. The van der Waals surface area contributed by atoms with Crippen LogP contribution >= 0.6 is 0 Å². The van der Waals surface area contributed by atoms with Gasteiger partial charge in [0.05, 0.1) is 0 Å². The maximum absolute atomic E-state index is 13.0. The second kappa shape index (κ2) is 5.14. The van der Waals surface area contributed by atoms with Crippen molar-refractivity contribution in [1.82, 2.24) is 4.90 Å². The van der Waals surface area contributed by atoms with E-state index >= 15 is 0 Å². The minimum Gasteiger partial charge on any atom is -0.340 e. The van der Waals surface area contributed by atoms with E-state index in [4.69, 9.17) is 0 Å². The molecule has 1 saturated heterocycles. The van der Waals surface area contributed by atoms with Crippen LogP contribution in [0.3, 0.4) is 0 Å². The van der Waals surface area contributed by atoms with E-state index in [-0.39, 0.29) is 24.7 Å². The number of likely N-dealkylation sites (tertiary alicyclic amines) is 1. The van der Waals surface area contributed by atoms with Gasteiger partial charge in [0.15, 0.2) is 0 Å². The Hall–Kier alpha value is -0.670.